The number of ether oxygens (including phenoxy) is 2. The van der Waals surface area contributed by atoms with Crippen molar-refractivity contribution in [3.63, 3.8) is 0 Å². The number of nitro benzene ring substituents is 1. The van der Waals surface area contributed by atoms with Gasteiger partial charge in [0.25, 0.3) is 10.0 Å². The lowest BCUT2D eigenvalue weighted by atomic mass is 10.2. The Bertz CT molecular complexity index is 1230. The SMILES string of the molecule is CCN(c1ccccc1)S(=O)(=O)c1ccc(Oc2ccc(C(=O)OC)cc2)c([N+](=O)[O-])c1. The van der Waals surface area contributed by atoms with Crippen molar-refractivity contribution in [2.75, 3.05) is 18.0 Å². The lowest BCUT2D eigenvalue weighted by Gasteiger charge is -2.23. The molecule has 0 aromatic heterocycles. The molecule has 0 radical (unpaired) electrons. The zero-order valence-electron chi connectivity index (χ0n) is 17.3. The number of benzene rings is 3. The minimum atomic E-state index is -4.05. The van der Waals surface area contributed by atoms with Gasteiger partial charge in [-0.25, -0.2) is 13.2 Å². The van der Waals surface area contributed by atoms with Gasteiger partial charge in [-0.2, -0.15) is 0 Å². The van der Waals surface area contributed by atoms with Crippen molar-refractivity contribution in [3.05, 3.63) is 88.5 Å². The van der Waals surface area contributed by atoms with Gasteiger partial charge in [-0.1, -0.05) is 18.2 Å². The highest BCUT2D eigenvalue weighted by Crippen LogP contribution is 2.35. The van der Waals surface area contributed by atoms with Crippen molar-refractivity contribution >= 4 is 27.4 Å². The van der Waals surface area contributed by atoms with Crippen LogP contribution in [-0.4, -0.2) is 33.0 Å². The second-order valence-corrected chi connectivity index (χ2v) is 8.37. The Labute approximate surface area is 185 Å². The summed E-state index contributed by atoms with van der Waals surface area (Å²) in [7, 11) is -2.79. The fourth-order valence-corrected chi connectivity index (χ4v) is 4.50. The van der Waals surface area contributed by atoms with E-state index in [0.717, 1.165) is 10.4 Å². The van der Waals surface area contributed by atoms with Crippen LogP contribution in [-0.2, 0) is 14.8 Å². The molecule has 0 amide bonds. The first-order chi connectivity index (χ1) is 15.3. The van der Waals surface area contributed by atoms with Crippen molar-refractivity contribution in [3.8, 4) is 11.5 Å². The van der Waals surface area contributed by atoms with Gasteiger partial charge >= 0.3 is 11.7 Å². The monoisotopic (exact) mass is 456 g/mol. The van der Waals surface area contributed by atoms with Gasteiger partial charge < -0.3 is 9.47 Å². The molecule has 0 saturated carbocycles. The second-order valence-electron chi connectivity index (χ2n) is 6.51. The predicted molar refractivity (Wildman–Crippen MR) is 118 cm³/mol. The van der Waals surface area contributed by atoms with Gasteiger partial charge in [0, 0.05) is 12.6 Å². The van der Waals surface area contributed by atoms with E-state index in [1.54, 1.807) is 37.3 Å². The summed E-state index contributed by atoms with van der Waals surface area (Å²) in [6.45, 7) is 1.82. The van der Waals surface area contributed by atoms with Gasteiger partial charge in [0.05, 0.1) is 28.2 Å². The number of anilines is 1. The topological polar surface area (TPSA) is 116 Å². The molecule has 0 spiro atoms. The van der Waals surface area contributed by atoms with E-state index in [4.69, 9.17) is 4.74 Å². The molecule has 0 heterocycles. The molecule has 0 aliphatic rings. The van der Waals surface area contributed by atoms with Gasteiger partial charge in [-0.05, 0) is 55.5 Å². The molecule has 0 aliphatic heterocycles. The third-order valence-electron chi connectivity index (χ3n) is 4.55. The molecule has 3 rings (SSSR count). The van der Waals surface area contributed by atoms with Crippen molar-refractivity contribution in [1.82, 2.24) is 0 Å². The number of hydrogen-bond acceptors (Lipinski definition) is 7. The number of sulfonamides is 1. The molecule has 32 heavy (non-hydrogen) atoms. The van der Waals surface area contributed by atoms with Crippen LogP contribution < -0.4 is 9.04 Å². The number of para-hydroxylation sites is 1. The van der Waals surface area contributed by atoms with Gasteiger partial charge in [0.15, 0.2) is 0 Å². The Kier molecular flexibility index (Phi) is 6.74. The lowest BCUT2D eigenvalue weighted by Crippen LogP contribution is -2.30. The molecular formula is C22H20N2O7S. The van der Waals surface area contributed by atoms with Crippen LogP contribution in [0.1, 0.15) is 17.3 Å². The largest absolute Gasteiger partial charge is 0.465 e. The third kappa shape index (κ3) is 4.70. The van der Waals surface area contributed by atoms with E-state index in [1.165, 1.54) is 43.5 Å². The molecular weight excluding hydrogens is 436 g/mol. The van der Waals surface area contributed by atoms with Crippen LogP contribution in [0, 0.1) is 10.1 Å². The van der Waals surface area contributed by atoms with E-state index >= 15 is 0 Å². The first kappa shape index (κ1) is 22.8. The van der Waals surface area contributed by atoms with Gasteiger partial charge in [0.1, 0.15) is 5.75 Å². The lowest BCUT2D eigenvalue weighted by molar-refractivity contribution is -0.385. The molecule has 0 saturated heterocycles. The quantitative estimate of drug-likeness (QED) is 0.280. The summed E-state index contributed by atoms with van der Waals surface area (Å²) >= 11 is 0. The first-order valence-corrected chi connectivity index (χ1v) is 10.9. The molecule has 9 nitrogen and oxygen atoms in total. The minimum Gasteiger partial charge on any atom is -0.465 e. The number of carbonyl (C=O) groups excluding carboxylic acids is 1. The number of nitrogens with zero attached hydrogens (tertiary/aromatic N) is 2. The summed E-state index contributed by atoms with van der Waals surface area (Å²) in [6, 6.07) is 17.7. The molecule has 3 aromatic carbocycles. The van der Waals surface area contributed by atoms with Gasteiger partial charge in [-0.3, -0.25) is 14.4 Å². The summed E-state index contributed by atoms with van der Waals surface area (Å²) in [4.78, 5) is 22.2. The fraction of sp³-hybridized carbons (Fsp3) is 0.136. The van der Waals surface area contributed by atoms with Gasteiger partial charge in [0.2, 0.25) is 5.75 Å². The molecule has 10 heteroatoms. The normalized spacial score (nSPS) is 10.9. The van der Waals surface area contributed by atoms with E-state index in [2.05, 4.69) is 4.74 Å². The molecule has 0 fully saturated rings. The van der Waals surface area contributed by atoms with Crippen LogP contribution in [0.2, 0.25) is 0 Å². The fourth-order valence-electron chi connectivity index (χ4n) is 3.00. The van der Waals surface area contributed by atoms with Crippen LogP contribution in [0.25, 0.3) is 0 Å². The number of methoxy groups -OCH3 is 1. The Morgan fingerprint density at radius 1 is 1.03 bits per heavy atom. The highest BCUT2D eigenvalue weighted by atomic mass is 32.2. The highest BCUT2D eigenvalue weighted by molar-refractivity contribution is 7.92. The molecule has 166 valence electrons. The Hall–Kier alpha value is -3.92. The number of nitro groups is 1. The standard InChI is InChI=1S/C22H20N2O7S/c1-3-23(17-7-5-4-6-8-17)32(28,29)19-13-14-21(20(15-19)24(26)27)31-18-11-9-16(10-12-18)22(25)30-2/h4-15H,3H2,1-2H3. The maximum atomic E-state index is 13.2. The van der Waals surface area contributed by atoms with E-state index in [0.29, 0.717) is 5.69 Å². The summed E-state index contributed by atoms with van der Waals surface area (Å²) in [5.74, 6) is -0.436. The number of hydrogen-bond donors (Lipinski definition) is 0. The third-order valence-corrected chi connectivity index (χ3v) is 6.45. The predicted octanol–water partition coefficient (Wildman–Crippen LogP) is 4.39. The van der Waals surface area contributed by atoms with E-state index in [-0.39, 0.29) is 28.5 Å². The van der Waals surface area contributed by atoms with Crippen molar-refractivity contribution < 1.29 is 27.6 Å². The van der Waals surface area contributed by atoms with Crippen molar-refractivity contribution in [1.29, 1.82) is 0 Å². The van der Waals surface area contributed by atoms with Crippen LogP contribution in [0.4, 0.5) is 11.4 Å². The zero-order valence-corrected chi connectivity index (χ0v) is 18.1. The van der Waals surface area contributed by atoms with E-state index in [9.17, 15) is 23.3 Å². The summed E-state index contributed by atoms with van der Waals surface area (Å²) in [5.41, 5.74) is 0.229. The van der Waals surface area contributed by atoms with E-state index in [1.807, 2.05) is 0 Å². The average molecular weight is 456 g/mol. The molecule has 3 aromatic rings. The maximum Gasteiger partial charge on any atom is 0.337 e. The van der Waals surface area contributed by atoms with Crippen LogP contribution >= 0.6 is 0 Å². The second kappa shape index (κ2) is 9.48. The van der Waals surface area contributed by atoms with Crippen LogP contribution in [0.5, 0.6) is 11.5 Å². The number of carbonyl (C=O) groups is 1. The molecule has 0 unspecified atom stereocenters. The van der Waals surface area contributed by atoms with Gasteiger partial charge in [-0.15, -0.1) is 0 Å². The highest BCUT2D eigenvalue weighted by Gasteiger charge is 2.27. The minimum absolute atomic E-state index is 0.137. The summed E-state index contributed by atoms with van der Waals surface area (Å²) < 4.78 is 37.7. The molecule has 0 bridgehead atoms. The summed E-state index contributed by atoms with van der Waals surface area (Å²) in [6.07, 6.45) is 0. The summed E-state index contributed by atoms with van der Waals surface area (Å²) in [5, 5.41) is 11.6. The van der Waals surface area contributed by atoms with Crippen molar-refractivity contribution in [2.24, 2.45) is 0 Å². The number of rotatable bonds is 8. The van der Waals surface area contributed by atoms with E-state index < -0.39 is 26.6 Å². The molecule has 0 N–H and O–H groups in total. The Morgan fingerprint density at radius 3 is 2.25 bits per heavy atom. The average Bonchev–Trinajstić information content (AvgIpc) is 2.80. The Balaban J connectivity index is 1.95. The first-order valence-electron chi connectivity index (χ1n) is 9.50. The smallest absolute Gasteiger partial charge is 0.337 e. The zero-order chi connectivity index (χ0) is 23.3. The Morgan fingerprint density at radius 2 is 1.69 bits per heavy atom. The maximum absolute atomic E-state index is 13.2. The van der Waals surface area contributed by atoms with Crippen LogP contribution in [0.3, 0.4) is 0 Å². The molecule has 0 atom stereocenters. The molecule has 0 aliphatic carbocycles. The number of esters is 1. The van der Waals surface area contributed by atoms with Crippen LogP contribution in [0.15, 0.2) is 77.7 Å². The van der Waals surface area contributed by atoms with Crippen molar-refractivity contribution in [2.45, 2.75) is 11.8 Å².